The number of anilines is 2. The highest BCUT2D eigenvalue weighted by atomic mass is 16.6. The zero-order chi connectivity index (χ0) is 16.7. The van der Waals surface area contributed by atoms with E-state index in [0.717, 1.165) is 5.69 Å². The van der Waals surface area contributed by atoms with E-state index in [1.807, 2.05) is 30.3 Å². The van der Waals surface area contributed by atoms with Crippen LogP contribution in [-0.4, -0.2) is 23.9 Å². The number of nitro groups is 1. The number of hydrogen-bond donors (Lipinski definition) is 1. The molecule has 0 aliphatic rings. The van der Waals surface area contributed by atoms with Crippen LogP contribution in [-0.2, 0) is 4.79 Å². The third-order valence-electron chi connectivity index (χ3n) is 3.18. The first-order valence-corrected chi connectivity index (χ1v) is 7.06. The van der Waals surface area contributed by atoms with E-state index >= 15 is 0 Å². The van der Waals surface area contributed by atoms with Crippen molar-refractivity contribution in [2.75, 3.05) is 23.3 Å². The van der Waals surface area contributed by atoms with Crippen molar-refractivity contribution in [3.63, 3.8) is 0 Å². The predicted octanol–water partition coefficient (Wildman–Crippen LogP) is 3.23. The van der Waals surface area contributed by atoms with Gasteiger partial charge in [-0.05, 0) is 18.2 Å². The number of carbonyl (C=O) groups excluding carboxylic acids is 1. The van der Waals surface area contributed by atoms with Gasteiger partial charge in [0.1, 0.15) is 0 Å². The van der Waals surface area contributed by atoms with Gasteiger partial charge in [-0.1, -0.05) is 30.3 Å². The van der Waals surface area contributed by atoms with E-state index in [1.54, 1.807) is 23.1 Å². The van der Waals surface area contributed by atoms with E-state index in [-0.39, 0.29) is 18.1 Å². The lowest BCUT2D eigenvalue weighted by Gasteiger charge is -2.21. The molecular formula is C17H17N3O3. The topological polar surface area (TPSA) is 75.5 Å². The summed E-state index contributed by atoms with van der Waals surface area (Å²) in [4.78, 5) is 24.3. The summed E-state index contributed by atoms with van der Waals surface area (Å²) in [6.07, 6.45) is 1.65. The summed E-state index contributed by atoms with van der Waals surface area (Å²) in [5.41, 5.74) is 1.28. The molecule has 0 spiro atoms. The molecule has 6 nitrogen and oxygen atoms in total. The molecule has 0 saturated heterocycles. The molecule has 0 aliphatic carbocycles. The standard InChI is InChI=1S/C17H17N3O3/c1-2-11-19(15-8-4-3-5-9-15)17(21)13-18-14-7-6-10-16(12-14)20(22)23/h2-10,12,18H,1,11,13H2. The van der Waals surface area contributed by atoms with Gasteiger partial charge in [-0.25, -0.2) is 0 Å². The van der Waals surface area contributed by atoms with E-state index < -0.39 is 4.92 Å². The molecule has 6 heteroatoms. The van der Waals surface area contributed by atoms with Crippen LogP contribution in [0, 0.1) is 10.1 Å². The summed E-state index contributed by atoms with van der Waals surface area (Å²) in [6.45, 7) is 4.09. The van der Waals surface area contributed by atoms with Gasteiger partial charge in [0.2, 0.25) is 5.91 Å². The number of rotatable bonds is 7. The van der Waals surface area contributed by atoms with Crippen molar-refractivity contribution in [3.05, 3.63) is 77.4 Å². The highest BCUT2D eigenvalue weighted by Crippen LogP contribution is 2.17. The van der Waals surface area contributed by atoms with E-state index in [4.69, 9.17) is 0 Å². The second kappa shape index (κ2) is 7.74. The SMILES string of the molecule is C=CCN(C(=O)CNc1cccc([N+](=O)[O-])c1)c1ccccc1. The van der Waals surface area contributed by atoms with Crippen molar-refractivity contribution in [3.8, 4) is 0 Å². The Morgan fingerprint density at radius 2 is 1.96 bits per heavy atom. The fourth-order valence-electron chi connectivity index (χ4n) is 2.09. The van der Waals surface area contributed by atoms with Gasteiger partial charge in [0.05, 0.1) is 11.5 Å². The number of carbonyl (C=O) groups is 1. The molecule has 0 saturated carbocycles. The molecule has 2 aromatic carbocycles. The number of para-hydroxylation sites is 1. The minimum Gasteiger partial charge on any atom is -0.376 e. The molecule has 23 heavy (non-hydrogen) atoms. The molecule has 2 aromatic rings. The molecular weight excluding hydrogens is 294 g/mol. The molecule has 0 aliphatic heterocycles. The van der Waals surface area contributed by atoms with Crippen LogP contribution in [0.4, 0.5) is 17.1 Å². The molecule has 1 amide bonds. The first-order valence-electron chi connectivity index (χ1n) is 7.06. The fourth-order valence-corrected chi connectivity index (χ4v) is 2.09. The van der Waals surface area contributed by atoms with E-state index in [2.05, 4.69) is 11.9 Å². The summed E-state index contributed by atoms with van der Waals surface area (Å²) in [6, 6.07) is 15.3. The average Bonchev–Trinajstić information content (AvgIpc) is 2.58. The maximum Gasteiger partial charge on any atom is 0.271 e. The van der Waals surface area contributed by atoms with Crippen molar-refractivity contribution in [1.82, 2.24) is 0 Å². The predicted molar refractivity (Wildman–Crippen MR) is 90.6 cm³/mol. The summed E-state index contributed by atoms with van der Waals surface area (Å²) >= 11 is 0. The lowest BCUT2D eigenvalue weighted by atomic mass is 10.2. The molecule has 0 atom stereocenters. The molecule has 1 N–H and O–H groups in total. The number of amides is 1. The quantitative estimate of drug-likeness (QED) is 0.484. The second-order valence-corrected chi connectivity index (χ2v) is 4.79. The highest BCUT2D eigenvalue weighted by molar-refractivity contribution is 5.96. The Kier molecular flexibility index (Phi) is 5.46. The van der Waals surface area contributed by atoms with Gasteiger partial charge in [0.25, 0.3) is 5.69 Å². The number of nitrogens with zero attached hydrogens (tertiary/aromatic N) is 2. The zero-order valence-electron chi connectivity index (χ0n) is 12.5. The van der Waals surface area contributed by atoms with E-state index in [9.17, 15) is 14.9 Å². The van der Waals surface area contributed by atoms with Gasteiger partial charge in [0.15, 0.2) is 0 Å². The molecule has 0 aromatic heterocycles. The zero-order valence-corrected chi connectivity index (χ0v) is 12.5. The Morgan fingerprint density at radius 1 is 1.22 bits per heavy atom. The Hall–Kier alpha value is -3.15. The number of nitro benzene ring substituents is 1. The van der Waals surface area contributed by atoms with E-state index in [0.29, 0.717) is 12.2 Å². The number of hydrogen-bond acceptors (Lipinski definition) is 4. The van der Waals surface area contributed by atoms with Crippen LogP contribution in [0.2, 0.25) is 0 Å². The molecule has 0 bridgehead atoms. The van der Waals surface area contributed by atoms with Gasteiger partial charge in [-0.2, -0.15) is 0 Å². The third kappa shape index (κ3) is 4.41. The Labute approximate surface area is 134 Å². The lowest BCUT2D eigenvalue weighted by molar-refractivity contribution is -0.384. The molecule has 118 valence electrons. The van der Waals surface area contributed by atoms with Crippen LogP contribution in [0.15, 0.2) is 67.3 Å². The molecule has 0 fully saturated rings. The van der Waals surface area contributed by atoms with Crippen molar-refractivity contribution in [2.24, 2.45) is 0 Å². The van der Waals surface area contributed by atoms with Crippen LogP contribution >= 0.6 is 0 Å². The first-order chi connectivity index (χ1) is 11.1. The second-order valence-electron chi connectivity index (χ2n) is 4.79. The largest absolute Gasteiger partial charge is 0.376 e. The summed E-state index contributed by atoms with van der Waals surface area (Å²) in [7, 11) is 0. The van der Waals surface area contributed by atoms with Crippen LogP contribution in [0.1, 0.15) is 0 Å². The monoisotopic (exact) mass is 311 g/mol. The minimum absolute atomic E-state index is 0.0199. The van der Waals surface area contributed by atoms with Crippen LogP contribution < -0.4 is 10.2 Å². The molecule has 0 unspecified atom stereocenters. The highest BCUT2D eigenvalue weighted by Gasteiger charge is 2.14. The number of nitrogens with one attached hydrogen (secondary N) is 1. The van der Waals surface area contributed by atoms with Gasteiger partial charge in [0, 0.05) is 30.1 Å². The van der Waals surface area contributed by atoms with Crippen LogP contribution in [0.3, 0.4) is 0 Å². The van der Waals surface area contributed by atoms with Gasteiger partial charge < -0.3 is 10.2 Å². The third-order valence-corrected chi connectivity index (χ3v) is 3.18. The van der Waals surface area contributed by atoms with Gasteiger partial charge >= 0.3 is 0 Å². The Bertz CT molecular complexity index is 701. The van der Waals surface area contributed by atoms with Crippen molar-refractivity contribution in [1.29, 1.82) is 0 Å². The first kappa shape index (κ1) is 16.2. The van der Waals surface area contributed by atoms with Crippen molar-refractivity contribution in [2.45, 2.75) is 0 Å². The van der Waals surface area contributed by atoms with Crippen LogP contribution in [0.25, 0.3) is 0 Å². The Morgan fingerprint density at radius 3 is 2.61 bits per heavy atom. The summed E-state index contributed by atoms with van der Waals surface area (Å²) in [5.74, 6) is -0.150. The maximum atomic E-state index is 12.4. The molecule has 2 rings (SSSR count). The maximum absolute atomic E-state index is 12.4. The van der Waals surface area contributed by atoms with E-state index in [1.165, 1.54) is 12.1 Å². The minimum atomic E-state index is -0.471. The van der Waals surface area contributed by atoms with Gasteiger partial charge in [-0.15, -0.1) is 6.58 Å². The fraction of sp³-hybridized carbons (Fsp3) is 0.118. The van der Waals surface area contributed by atoms with Crippen molar-refractivity contribution < 1.29 is 9.72 Å². The number of non-ortho nitro benzene ring substituents is 1. The number of benzene rings is 2. The Balaban J connectivity index is 2.06. The average molecular weight is 311 g/mol. The summed E-state index contributed by atoms with van der Waals surface area (Å²) < 4.78 is 0. The summed E-state index contributed by atoms with van der Waals surface area (Å²) in [5, 5.41) is 13.7. The molecule has 0 radical (unpaired) electrons. The smallest absolute Gasteiger partial charge is 0.271 e. The van der Waals surface area contributed by atoms with Gasteiger partial charge in [-0.3, -0.25) is 14.9 Å². The van der Waals surface area contributed by atoms with Crippen LogP contribution in [0.5, 0.6) is 0 Å². The normalized spacial score (nSPS) is 9.91. The lowest BCUT2D eigenvalue weighted by Crippen LogP contribution is -2.35. The molecule has 0 heterocycles. The van der Waals surface area contributed by atoms with Crippen molar-refractivity contribution >= 4 is 23.0 Å².